The van der Waals surface area contributed by atoms with Crippen LogP contribution in [0.4, 0.5) is 16.2 Å². The number of carbonyl (C=O) groups is 2. The standard InChI is InChI=1S/C21H25N3O2/c1-21(2,16-7-4-3-5-8-16)15-22-20(26)23-17-10-12-18(13-11-17)24-14-6-9-19(24)25/h3-5,7-8,10-13H,6,9,14-15H2,1-2H3,(H2,22,23,26). The molecule has 0 aromatic heterocycles. The summed E-state index contributed by atoms with van der Waals surface area (Å²) in [6, 6.07) is 17.3. The molecule has 3 amide bonds. The van der Waals surface area contributed by atoms with E-state index in [1.807, 2.05) is 42.5 Å². The van der Waals surface area contributed by atoms with E-state index in [2.05, 4.69) is 36.6 Å². The minimum absolute atomic E-state index is 0.154. The number of urea groups is 1. The van der Waals surface area contributed by atoms with Crippen LogP contribution in [0, 0.1) is 0 Å². The lowest BCUT2D eigenvalue weighted by Crippen LogP contribution is -2.38. The molecule has 1 heterocycles. The Balaban J connectivity index is 1.54. The molecule has 3 rings (SSSR count). The first-order valence-corrected chi connectivity index (χ1v) is 8.96. The number of hydrogen-bond donors (Lipinski definition) is 2. The van der Waals surface area contributed by atoms with Crippen molar-refractivity contribution in [3.63, 3.8) is 0 Å². The maximum absolute atomic E-state index is 12.2. The van der Waals surface area contributed by atoms with Gasteiger partial charge in [-0.05, 0) is 36.2 Å². The molecular formula is C21H25N3O2. The third kappa shape index (κ3) is 4.23. The molecule has 26 heavy (non-hydrogen) atoms. The van der Waals surface area contributed by atoms with Gasteiger partial charge in [0.2, 0.25) is 5.91 Å². The van der Waals surface area contributed by atoms with Crippen molar-refractivity contribution in [1.29, 1.82) is 0 Å². The van der Waals surface area contributed by atoms with Crippen LogP contribution in [0.25, 0.3) is 0 Å². The van der Waals surface area contributed by atoms with Gasteiger partial charge in [-0.2, -0.15) is 0 Å². The van der Waals surface area contributed by atoms with E-state index in [9.17, 15) is 9.59 Å². The number of nitrogens with zero attached hydrogens (tertiary/aromatic N) is 1. The van der Waals surface area contributed by atoms with Gasteiger partial charge in [-0.15, -0.1) is 0 Å². The Kier molecular flexibility index (Phi) is 5.26. The molecule has 2 aromatic carbocycles. The summed E-state index contributed by atoms with van der Waals surface area (Å²) in [5.41, 5.74) is 2.61. The second kappa shape index (κ2) is 7.60. The van der Waals surface area contributed by atoms with Crippen molar-refractivity contribution in [3.8, 4) is 0 Å². The fourth-order valence-electron chi connectivity index (χ4n) is 3.11. The third-order valence-corrected chi connectivity index (χ3v) is 4.76. The van der Waals surface area contributed by atoms with Crippen molar-refractivity contribution < 1.29 is 9.59 Å². The largest absolute Gasteiger partial charge is 0.337 e. The summed E-state index contributed by atoms with van der Waals surface area (Å²) in [5, 5.41) is 5.77. The van der Waals surface area contributed by atoms with Crippen molar-refractivity contribution >= 4 is 23.3 Å². The van der Waals surface area contributed by atoms with Crippen LogP contribution >= 0.6 is 0 Å². The molecule has 136 valence electrons. The maximum atomic E-state index is 12.2. The third-order valence-electron chi connectivity index (χ3n) is 4.76. The van der Waals surface area contributed by atoms with E-state index in [4.69, 9.17) is 0 Å². The number of anilines is 2. The van der Waals surface area contributed by atoms with Gasteiger partial charge in [0.25, 0.3) is 0 Å². The zero-order valence-electron chi connectivity index (χ0n) is 15.3. The molecule has 1 aliphatic heterocycles. The van der Waals surface area contributed by atoms with E-state index < -0.39 is 0 Å². The summed E-state index contributed by atoms with van der Waals surface area (Å²) < 4.78 is 0. The SMILES string of the molecule is CC(C)(CNC(=O)Nc1ccc(N2CCCC2=O)cc1)c1ccccc1. The van der Waals surface area contributed by atoms with E-state index in [0.717, 1.165) is 18.7 Å². The minimum Gasteiger partial charge on any atom is -0.337 e. The molecule has 0 radical (unpaired) electrons. The summed E-state index contributed by atoms with van der Waals surface area (Å²) in [6.07, 6.45) is 1.51. The van der Waals surface area contributed by atoms with Crippen LogP contribution in [0.1, 0.15) is 32.3 Å². The van der Waals surface area contributed by atoms with Crippen LogP contribution in [-0.4, -0.2) is 25.0 Å². The van der Waals surface area contributed by atoms with E-state index in [-0.39, 0.29) is 17.4 Å². The van der Waals surface area contributed by atoms with Crippen molar-refractivity contribution in [2.75, 3.05) is 23.3 Å². The van der Waals surface area contributed by atoms with Crippen LogP contribution in [0.2, 0.25) is 0 Å². The average Bonchev–Trinajstić information content (AvgIpc) is 3.07. The molecule has 0 bridgehead atoms. The Morgan fingerprint density at radius 3 is 2.38 bits per heavy atom. The van der Waals surface area contributed by atoms with Crippen LogP contribution in [-0.2, 0) is 10.2 Å². The highest BCUT2D eigenvalue weighted by Gasteiger charge is 2.22. The Bertz CT molecular complexity index is 770. The van der Waals surface area contributed by atoms with Gasteiger partial charge in [0.15, 0.2) is 0 Å². The van der Waals surface area contributed by atoms with Crippen LogP contribution < -0.4 is 15.5 Å². The van der Waals surface area contributed by atoms with Crippen LogP contribution in [0.5, 0.6) is 0 Å². The van der Waals surface area contributed by atoms with Gasteiger partial charge >= 0.3 is 6.03 Å². The molecule has 0 spiro atoms. The zero-order chi connectivity index (χ0) is 18.6. The molecular weight excluding hydrogens is 326 g/mol. The molecule has 1 aliphatic rings. The van der Waals surface area contributed by atoms with Crippen molar-refractivity contribution in [2.24, 2.45) is 0 Å². The lowest BCUT2D eigenvalue weighted by Gasteiger charge is -2.25. The Morgan fingerprint density at radius 2 is 1.77 bits per heavy atom. The zero-order valence-corrected chi connectivity index (χ0v) is 15.3. The molecule has 5 nitrogen and oxygen atoms in total. The van der Waals surface area contributed by atoms with Crippen LogP contribution in [0.15, 0.2) is 54.6 Å². The van der Waals surface area contributed by atoms with Gasteiger partial charge in [0, 0.05) is 36.3 Å². The van der Waals surface area contributed by atoms with E-state index in [1.165, 1.54) is 5.56 Å². The monoisotopic (exact) mass is 351 g/mol. The summed E-state index contributed by atoms with van der Waals surface area (Å²) >= 11 is 0. The molecule has 0 atom stereocenters. The van der Waals surface area contributed by atoms with E-state index in [0.29, 0.717) is 18.7 Å². The number of amides is 3. The molecule has 5 heteroatoms. The molecule has 0 saturated carbocycles. The smallest absolute Gasteiger partial charge is 0.319 e. The Hall–Kier alpha value is -2.82. The molecule has 1 saturated heterocycles. The summed E-state index contributed by atoms with van der Waals surface area (Å²) in [6.45, 7) is 5.50. The van der Waals surface area contributed by atoms with Gasteiger partial charge in [0.1, 0.15) is 0 Å². The van der Waals surface area contributed by atoms with Gasteiger partial charge < -0.3 is 15.5 Å². The van der Waals surface area contributed by atoms with Crippen molar-refractivity contribution in [1.82, 2.24) is 5.32 Å². The first-order valence-electron chi connectivity index (χ1n) is 8.96. The fourth-order valence-corrected chi connectivity index (χ4v) is 3.11. The maximum Gasteiger partial charge on any atom is 0.319 e. The highest BCUT2D eigenvalue weighted by Crippen LogP contribution is 2.23. The fraction of sp³-hybridized carbons (Fsp3) is 0.333. The normalized spacial score (nSPS) is 14.4. The van der Waals surface area contributed by atoms with Crippen molar-refractivity contribution in [2.45, 2.75) is 32.1 Å². The second-order valence-corrected chi connectivity index (χ2v) is 7.25. The molecule has 2 aromatic rings. The Morgan fingerprint density at radius 1 is 1.08 bits per heavy atom. The van der Waals surface area contributed by atoms with E-state index >= 15 is 0 Å². The number of carbonyl (C=O) groups excluding carboxylic acids is 2. The quantitative estimate of drug-likeness (QED) is 0.858. The average molecular weight is 351 g/mol. The molecule has 2 N–H and O–H groups in total. The first kappa shape index (κ1) is 18.0. The predicted molar refractivity (Wildman–Crippen MR) is 105 cm³/mol. The molecule has 1 fully saturated rings. The predicted octanol–water partition coefficient (Wildman–Crippen LogP) is 3.91. The number of nitrogens with one attached hydrogen (secondary N) is 2. The van der Waals surface area contributed by atoms with Crippen molar-refractivity contribution in [3.05, 3.63) is 60.2 Å². The summed E-state index contributed by atoms with van der Waals surface area (Å²) in [7, 11) is 0. The topological polar surface area (TPSA) is 61.4 Å². The lowest BCUT2D eigenvalue weighted by atomic mass is 9.85. The number of hydrogen-bond acceptors (Lipinski definition) is 2. The number of benzene rings is 2. The van der Waals surface area contributed by atoms with Gasteiger partial charge in [0.05, 0.1) is 0 Å². The lowest BCUT2D eigenvalue weighted by molar-refractivity contribution is -0.117. The second-order valence-electron chi connectivity index (χ2n) is 7.25. The molecule has 0 unspecified atom stereocenters. The minimum atomic E-state index is -0.237. The van der Waals surface area contributed by atoms with Gasteiger partial charge in [-0.1, -0.05) is 44.2 Å². The summed E-state index contributed by atoms with van der Waals surface area (Å²) in [5.74, 6) is 0.159. The van der Waals surface area contributed by atoms with Crippen LogP contribution in [0.3, 0.4) is 0 Å². The first-order chi connectivity index (χ1) is 12.5. The van der Waals surface area contributed by atoms with Gasteiger partial charge in [-0.3, -0.25) is 4.79 Å². The highest BCUT2D eigenvalue weighted by molar-refractivity contribution is 5.96. The number of rotatable bonds is 5. The highest BCUT2D eigenvalue weighted by atomic mass is 16.2. The molecule has 0 aliphatic carbocycles. The summed E-state index contributed by atoms with van der Waals surface area (Å²) in [4.78, 5) is 25.8. The Labute approximate surface area is 154 Å². The van der Waals surface area contributed by atoms with E-state index in [1.54, 1.807) is 4.90 Å². The van der Waals surface area contributed by atoms with Gasteiger partial charge in [-0.25, -0.2) is 4.79 Å².